The molecule has 1 N–H and O–H groups in total. The van der Waals surface area contributed by atoms with Crippen molar-refractivity contribution < 1.29 is 9.50 Å². The quantitative estimate of drug-likeness (QED) is 0.882. The third kappa shape index (κ3) is 2.98. The first kappa shape index (κ1) is 15.3. The molecule has 0 aliphatic carbocycles. The number of halogens is 1. The van der Waals surface area contributed by atoms with E-state index in [0.29, 0.717) is 17.0 Å². The summed E-state index contributed by atoms with van der Waals surface area (Å²) in [7, 11) is 0. The minimum Gasteiger partial charge on any atom is -0.389 e. The van der Waals surface area contributed by atoms with Gasteiger partial charge in [-0.2, -0.15) is 0 Å². The van der Waals surface area contributed by atoms with Gasteiger partial charge in [-0.3, -0.25) is 0 Å². The van der Waals surface area contributed by atoms with Gasteiger partial charge in [-0.1, -0.05) is 20.8 Å². The summed E-state index contributed by atoms with van der Waals surface area (Å²) in [6.45, 7) is 12.2. The Balaban J connectivity index is 2.32. The number of aryl methyl sites for hydroxylation is 1. The van der Waals surface area contributed by atoms with Gasteiger partial charge in [-0.05, 0) is 49.3 Å². The predicted molar refractivity (Wildman–Crippen MR) is 81.5 cm³/mol. The molecule has 2 rings (SSSR count). The Bertz CT molecular complexity index is 490. The van der Waals surface area contributed by atoms with Crippen molar-refractivity contribution >= 4 is 5.69 Å². The van der Waals surface area contributed by atoms with Crippen LogP contribution < -0.4 is 4.90 Å². The zero-order chi connectivity index (χ0) is 15.1. The lowest BCUT2D eigenvalue weighted by molar-refractivity contribution is 0.199. The lowest BCUT2D eigenvalue weighted by Gasteiger charge is -2.29. The van der Waals surface area contributed by atoms with Gasteiger partial charge in [-0.15, -0.1) is 0 Å². The first-order valence-corrected chi connectivity index (χ1v) is 7.43. The number of hydrogen-bond acceptors (Lipinski definition) is 2. The highest BCUT2D eigenvalue weighted by atomic mass is 19.1. The fourth-order valence-corrected chi connectivity index (χ4v) is 2.98. The van der Waals surface area contributed by atoms with Crippen molar-refractivity contribution in [1.29, 1.82) is 0 Å². The normalized spacial score (nSPS) is 21.4. The monoisotopic (exact) mass is 279 g/mol. The molecule has 0 amide bonds. The van der Waals surface area contributed by atoms with E-state index in [1.165, 1.54) is 6.07 Å². The molecule has 112 valence electrons. The van der Waals surface area contributed by atoms with Crippen molar-refractivity contribution in [1.82, 2.24) is 0 Å². The number of benzene rings is 1. The number of anilines is 1. The van der Waals surface area contributed by atoms with Gasteiger partial charge in [-0.25, -0.2) is 4.39 Å². The van der Waals surface area contributed by atoms with Crippen molar-refractivity contribution in [3.63, 3.8) is 0 Å². The van der Waals surface area contributed by atoms with E-state index >= 15 is 0 Å². The number of rotatable bonds is 2. The van der Waals surface area contributed by atoms with Gasteiger partial charge in [0.2, 0.25) is 0 Å². The van der Waals surface area contributed by atoms with E-state index in [1.54, 1.807) is 13.8 Å². The van der Waals surface area contributed by atoms with Crippen LogP contribution in [0.1, 0.15) is 51.3 Å². The second-order valence-electron chi connectivity index (χ2n) is 7.13. The minimum atomic E-state index is -0.645. The Kier molecular flexibility index (Phi) is 4.10. The molecule has 1 fully saturated rings. The molecule has 0 aromatic heterocycles. The molecule has 2 nitrogen and oxygen atoms in total. The third-order valence-corrected chi connectivity index (χ3v) is 4.51. The summed E-state index contributed by atoms with van der Waals surface area (Å²) in [5, 5.41) is 9.91. The summed E-state index contributed by atoms with van der Waals surface area (Å²) >= 11 is 0. The molecule has 1 heterocycles. The topological polar surface area (TPSA) is 23.5 Å². The molecule has 1 unspecified atom stereocenters. The highest BCUT2D eigenvalue weighted by Crippen LogP contribution is 2.38. The second kappa shape index (κ2) is 5.36. The highest BCUT2D eigenvalue weighted by Gasteiger charge is 2.33. The largest absolute Gasteiger partial charge is 0.389 e. The Hall–Kier alpha value is -1.09. The van der Waals surface area contributed by atoms with E-state index in [-0.39, 0.29) is 11.2 Å². The molecule has 0 radical (unpaired) electrons. The smallest absolute Gasteiger partial charge is 0.126 e. The van der Waals surface area contributed by atoms with Crippen molar-refractivity contribution in [3.8, 4) is 0 Å². The van der Waals surface area contributed by atoms with Crippen LogP contribution in [0.25, 0.3) is 0 Å². The molecule has 1 saturated heterocycles. The lowest BCUT2D eigenvalue weighted by Crippen LogP contribution is -2.26. The maximum absolute atomic E-state index is 13.7. The molecule has 1 aromatic rings. The standard InChI is InChI=1S/C17H26FNO/c1-11-8-16(14(12(2)20)9-15(11)18)19-7-6-13(10-19)17(3,4)5/h8-9,12-13,20H,6-7,10H2,1-5H3/t12-,13?/m1/s1. The summed E-state index contributed by atoms with van der Waals surface area (Å²) in [4.78, 5) is 2.30. The van der Waals surface area contributed by atoms with Crippen LogP contribution in [0.2, 0.25) is 0 Å². The van der Waals surface area contributed by atoms with Crippen LogP contribution in [0, 0.1) is 24.1 Å². The van der Waals surface area contributed by atoms with Crippen LogP contribution in [-0.2, 0) is 0 Å². The summed E-state index contributed by atoms with van der Waals surface area (Å²) < 4.78 is 13.7. The van der Waals surface area contributed by atoms with Crippen molar-refractivity contribution in [3.05, 3.63) is 29.1 Å². The number of nitrogens with zero attached hydrogens (tertiary/aromatic N) is 1. The van der Waals surface area contributed by atoms with Gasteiger partial charge in [0.05, 0.1) is 6.10 Å². The van der Waals surface area contributed by atoms with Crippen LogP contribution in [0.15, 0.2) is 12.1 Å². The maximum atomic E-state index is 13.7. The van der Waals surface area contributed by atoms with E-state index in [0.717, 1.165) is 25.2 Å². The molecule has 2 atom stereocenters. The zero-order valence-corrected chi connectivity index (χ0v) is 13.2. The predicted octanol–water partition coefficient (Wildman–Crippen LogP) is 4.06. The van der Waals surface area contributed by atoms with Gasteiger partial charge >= 0.3 is 0 Å². The molecule has 1 aromatic carbocycles. The first-order valence-electron chi connectivity index (χ1n) is 7.43. The van der Waals surface area contributed by atoms with Crippen LogP contribution in [0.3, 0.4) is 0 Å². The summed E-state index contributed by atoms with van der Waals surface area (Å²) in [6, 6.07) is 3.36. The molecule has 20 heavy (non-hydrogen) atoms. The number of aliphatic hydroxyl groups is 1. The van der Waals surface area contributed by atoms with Crippen LogP contribution in [0.4, 0.5) is 10.1 Å². The van der Waals surface area contributed by atoms with E-state index < -0.39 is 6.10 Å². The van der Waals surface area contributed by atoms with Gasteiger partial charge in [0, 0.05) is 24.3 Å². The number of hydrogen-bond donors (Lipinski definition) is 1. The molecule has 1 aliphatic rings. The van der Waals surface area contributed by atoms with Crippen LogP contribution >= 0.6 is 0 Å². The Morgan fingerprint density at radius 2 is 2.00 bits per heavy atom. The SMILES string of the molecule is Cc1cc(N2CCC(C(C)(C)C)C2)c([C@@H](C)O)cc1F. The molecule has 0 bridgehead atoms. The fraction of sp³-hybridized carbons (Fsp3) is 0.647. The van der Waals surface area contributed by atoms with Crippen LogP contribution in [0.5, 0.6) is 0 Å². The van der Waals surface area contributed by atoms with Crippen molar-refractivity contribution in [2.75, 3.05) is 18.0 Å². The zero-order valence-electron chi connectivity index (χ0n) is 13.2. The van der Waals surface area contributed by atoms with E-state index in [1.807, 2.05) is 6.07 Å². The summed E-state index contributed by atoms with van der Waals surface area (Å²) in [5.74, 6) is 0.394. The second-order valence-corrected chi connectivity index (χ2v) is 7.13. The lowest BCUT2D eigenvalue weighted by atomic mass is 9.80. The number of aliphatic hydroxyl groups excluding tert-OH is 1. The molecular formula is C17H26FNO. The summed E-state index contributed by atoms with van der Waals surface area (Å²) in [5.41, 5.74) is 2.62. The van der Waals surface area contributed by atoms with Gasteiger partial charge in [0.25, 0.3) is 0 Å². The molecular weight excluding hydrogens is 253 g/mol. The van der Waals surface area contributed by atoms with Crippen molar-refractivity contribution in [2.24, 2.45) is 11.3 Å². The van der Waals surface area contributed by atoms with E-state index in [9.17, 15) is 9.50 Å². The summed E-state index contributed by atoms with van der Waals surface area (Å²) in [6.07, 6.45) is 0.507. The molecule has 0 saturated carbocycles. The average molecular weight is 279 g/mol. The average Bonchev–Trinajstić information content (AvgIpc) is 2.80. The van der Waals surface area contributed by atoms with Crippen molar-refractivity contribution in [2.45, 2.75) is 47.1 Å². The van der Waals surface area contributed by atoms with Crippen LogP contribution in [-0.4, -0.2) is 18.2 Å². The fourth-order valence-electron chi connectivity index (χ4n) is 2.98. The molecule has 0 spiro atoms. The van der Waals surface area contributed by atoms with E-state index in [4.69, 9.17) is 0 Å². The third-order valence-electron chi connectivity index (χ3n) is 4.51. The Labute approximate surface area is 121 Å². The first-order chi connectivity index (χ1) is 9.20. The highest BCUT2D eigenvalue weighted by molar-refractivity contribution is 5.57. The minimum absolute atomic E-state index is 0.240. The van der Waals surface area contributed by atoms with Gasteiger partial charge < -0.3 is 10.0 Å². The van der Waals surface area contributed by atoms with E-state index in [2.05, 4.69) is 25.7 Å². The molecule has 3 heteroatoms. The Morgan fingerprint density at radius 3 is 2.50 bits per heavy atom. The van der Waals surface area contributed by atoms with Gasteiger partial charge in [0.1, 0.15) is 5.82 Å². The molecule has 1 aliphatic heterocycles. The van der Waals surface area contributed by atoms with Gasteiger partial charge in [0.15, 0.2) is 0 Å². The maximum Gasteiger partial charge on any atom is 0.126 e. The Morgan fingerprint density at radius 1 is 1.35 bits per heavy atom.